The number of hydrogen-bond donors (Lipinski definition) is 0. The number of aromatic nitrogens is 4. The van der Waals surface area contributed by atoms with Crippen molar-refractivity contribution < 1.29 is 9.18 Å². The summed E-state index contributed by atoms with van der Waals surface area (Å²) in [7, 11) is 1.76. The molecule has 0 atom stereocenters. The lowest BCUT2D eigenvalue weighted by Crippen LogP contribution is -2.31. The Kier molecular flexibility index (Phi) is 5.44. The molecule has 7 heteroatoms. The number of halogens is 1. The first-order chi connectivity index (χ1) is 14.4. The van der Waals surface area contributed by atoms with Gasteiger partial charge in [-0.2, -0.15) is 4.80 Å². The summed E-state index contributed by atoms with van der Waals surface area (Å²) in [5.41, 5.74) is 5.39. The normalized spacial score (nSPS) is 14.3. The summed E-state index contributed by atoms with van der Waals surface area (Å²) in [5, 5.41) is 12.4. The summed E-state index contributed by atoms with van der Waals surface area (Å²) < 4.78 is 14.1. The average Bonchev–Trinajstić information content (AvgIpc) is 3.15. The number of carbonyl (C=O) groups excluding carboxylic acids is 1. The van der Waals surface area contributed by atoms with Gasteiger partial charge in [0, 0.05) is 19.5 Å². The second-order valence-electron chi connectivity index (χ2n) is 7.74. The van der Waals surface area contributed by atoms with E-state index in [-0.39, 0.29) is 17.8 Å². The molecule has 0 saturated carbocycles. The highest BCUT2D eigenvalue weighted by Gasteiger charge is 2.21. The fourth-order valence-electron chi connectivity index (χ4n) is 3.85. The first-order valence-electron chi connectivity index (χ1n) is 9.97. The number of hydrogen-bond acceptors (Lipinski definition) is 5. The van der Waals surface area contributed by atoms with Gasteiger partial charge in [-0.3, -0.25) is 4.79 Å². The van der Waals surface area contributed by atoms with Crippen LogP contribution in [0.3, 0.4) is 0 Å². The smallest absolute Gasteiger partial charge is 0.266 e. The molecule has 0 amide bonds. The van der Waals surface area contributed by atoms with Crippen molar-refractivity contribution in [1.29, 1.82) is 0 Å². The molecule has 0 aliphatic carbocycles. The molecule has 2 heterocycles. The van der Waals surface area contributed by atoms with E-state index in [1.165, 1.54) is 22.0 Å². The molecule has 30 heavy (non-hydrogen) atoms. The van der Waals surface area contributed by atoms with Crippen molar-refractivity contribution in [3.05, 3.63) is 76.1 Å². The maximum Gasteiger partial charge on any atom is 0.266 e. The Balaban J connectivity index is 1.51. The third-order valence-electron chi connectivity index (χ3n) is 5.57. The van der Waals surface area contributed by atoms with Crippen molar-refractivity contribution in [3.8, 4) is 0 Å². The van der Waals surface area contributed by atoms with E-state index in [0.29, 0.717) is 18.1 Å². The van der Waals surface area contributed by atoms with Crippen LogP contribution >= 0.6 is 0 Å². The molecule has 6 nitrogen and oxygen atoms in total. The Morgan fingerprint density at radius 2 is 1.90 bits per heavy atom. The Labute approximate surface area is 175 Å². The number of rotatable bonds is 5. The van der Waals surface area contributed by atoms with E-state index in [0.717, 1.165) is 24.1 Å². The van der Waals surface area contributed by atoms with E-state index in [2.05, 4.69) is 27.2 Å². The molecule has 3 aromatic rings. The van der Waals surface area contributed by atoms with Gasteiger partial charge in [0.15, 0.2) is 5.78 Å². The largest absolute Gasteiger partial charge is 0.334 e. The van der Waals surface area contributed by atoms with Gasteiger partial charge in [-0.05, 0) is 53.8 Å². The van der Waals surface area contributed by atoms with Gasteiger partial charge in [0.1, 0.15) is 5.82 Å². The van der Waals surface area contributed by atoms with Gasteiger partial charge in [0.2, 0.25) is 0 Å². The van der Waals surface area contributed by atoms with Crippen molar-refractivity contribution in [2.24, 2.45) is 7.05 Å². The van der Waals surface area contributed by atoms with Gasteiger partial charge in [-0.15, -0.1) is 5.10 Å². The van der Waals surface area contributed by atoms with Gasteiger partial charge < -0.3 is 4.90 Å². The molecule has 1 aliphatic heterocycles. The molecular weight excluding hydrogens is 381 g/mol. The van der Waals surface area contributed by atoms with Crippen LogP contribution in [0.2, 0.25) is 0 Å². The molecule has 0 bridgehead atoms. The van der Waals surface area contributed by atoms with E-state index >= 15 is 0 Å². The molecular formula is C23H24FN5O. The van der Waals surface area contributed by atoms with Gasteiger partial charge in [0.25, 0.3) is 5.95 Å². The highest BCUT2D eigenvalue weighted by molar-refractivity contribution is 5.99. The van der Waals surface area contributed by atoms with Crippen LogP contribution in [0.1, 0.15) is 40.4 Å². The summed E-state index contributed by atoms with van der Waals surface area (Å²) in [6, 6.07) is 12.7. The zero-order chi connectivity index (χ0) is 21.3. The molecule has 0 N–H and O–H groups in total. The quantitative estimate of drug-likeness (QED) is 0.605. The number of Topliss-reactive ketones (excluding diaryl/α,β-unsaturated/α-hetero) is 1. The minimum Gasteiger partial charge on any atom is -0.334 e. The van der Waals surface area contributed by atoms with Crippen molar-refractivity contribution in [2.75, 3.05) is 18.0 Å². The molecule has 154 valence electrons. The molecule has 0 radical (unpaired) electrons. The first kappa shape index (κ1) is 19.9. The third-order valence-corrected chi connectivity index (χ3v) is 5.57. The number of benzene rings is 2. The Bertz CT molecular complexity index is 1100. The Morgan fingerprint density at radius 1 is 1.13 bits per heavy atom. The van der Waals surface area contributed by atoms with Crippen LogP contribution in [-0.4, -0.2) is 39.1 Å². The summed E-state index contributed by atoms with van der Waals surface area (Å²) in [4.78, 5) is 16.2. The molecule has 4 rings (SSSR count). The second kappa shape index (κ2) is 8.18. The van der Waals surface area contributed by atoms with E-state index in [1.807, 2.05) is 24.3 Å². The maximum absolute atomic E-state index is 14.1. The summed E-state index contributed by atoms with van der Waals surface area (Å²) >= 11 is 0. The highest BCUT2D eigenvalue weighted by Crippen LogP contribution is 2.28. The zero-order valence-corrected chi connectivity index (χ0v) is 17.4. The maximum atomic E-state index is 14.1. The standard InChI is InChI=1S/C23H24FN5O/c1-15-11-12-29(23-25-27-28(3)26-23)14-19(15)18-9-7-17(8-10-18)13-21(30)22-16(2)5-4-6-20(22)24/h4-10H,11-14H2,1-3H3. The van der Waals surface area contributed by atoms with Crippen molar-refractivity contribution in [3.63, 3.8) is 0 Å². The van der Waals surface area contributed by atoms with Crippen LogP contribution in [0.5, 0.6) is 0 Å². The predicted octanol–water partition coefficient (Wildman–Crippen LogP) is 3.77. The Hall–Kier alpha value is -3.35. The van der Waals surface area contributed by atoms with E-state index < -0.39 is 5.82 Å². The van der Waals surface area contributed by atoms with Gasteiger partial charge in [-0.1, -0.05) is 47.1 Å². The second-order valence-corrected chi connectivity index (χ2v) is 7.74. The minimum absolute atomic E-state index is 0.176. The van der Waals surface area contributed by atoms with Crippen LogP contribution in [0.25, 0.3) is 5.57 Å². The van der Waals surface area contributed by atoms with Crippen LogP contribution in [0.15, 0.2) is 48.0 Å². The summed E-state index contributed by atoms with van der Waals surface area (Å²) in [6.07, 6.45) is 1.11. The number of tetrazole rings is 1. The summed E-state index contributed by atoms with van der Waals surface area (Å²) in [6.45, 7) is 5.48. The first-order valence-corrected chi connectivity index (χ1v) is 9.97. The number of nitrogens with zero attached hydrogens (tertiary/aromatic N) is 5. The molecule has 0 unspecified atom stereocenters. The lowest BCUT2D eigenvalue weighted by Gasteiger charge is -2.29. The van der Waals surface area contributed by atoms with Crippen LogP contribution < -0.4 is 4.90 Å². The van der Waals surface area contributed by atoms with Crippen LogP contribution in [-0.2, 0) is 13.5 Å². The fraction of sp³-hybridized carbons (Fsp3) is 0.304. The Morgan fingerprint density at radius 3 is 2.57 bits per heavy atom. The van der Waals surface area contributed by atoms with Crippen LogP contribution in [0, 0.1) is 12.7 Å². The zero-order valence-electron chi connectivity index (χ0n) is 17.4. The van der Waals surface area contributed by atoms with E-state index in [1.54, 1.807) is 26.1 Å². The lowest BCUT2D eigenvalue weighted by molar-refractivity contribution is 0.0988. The molecule has 1 aromatic heterocycles. The van der Waals surface area contributed by atoms with Crippen LogP contribution in [0.4, 0.5) is 10.3 Å². The molecule has 1 aliphatic rings. The van der Waals surface area contributed by atoms with Gasteiger partial charge in [0.05, 0.1) is 12.6 Å². The third kappa shape index (κ3) is 4.01. The van der Waals surface area contributed by atoms with Crippen molar-refractivity contribution in [2.45, 2.75) is 26.7 Å². The summed E-state index contributed by atoms with van der Waals surface area (Å²) in [5.74, 6) is -0.0337. The average molecular weight is 405 g/mol. The van der Waals surface area contributed by atoms with Gasteiger partial charge in [-0.25, -0.2) is 4.39 Å². The van der Waals surface area contributed by atoms with Gasteiger partial charge >= 0.3 is 0 Å². The molecule has 0 fully saturated rings. The number of anilines is 1. The number of aryl methyl sites for hydroxylation is 2. The van der Waals surface area contributed by atoms with E-state index in [9.17, 15) is 9.18 Å². The molecule has 2 aromatic carbocycles. The molecule has 0 spiro atoms. The molecule has 0 saturated heterocycles. The van der Waals surface area contributed by atoms with Crippen molar-refractivity contribution >= 4 is 17.3 Å². The predicted molar refractivity (Wildman–Crippen MR) is 114 cm³/mol. The lowest BCUT2D eigenvalue weighted by atomic mass is 9.93. The highest BCUT2D eigenvalue weighted by atomic mass is 19.1. The minimum atomic E-state index is -0.461. The van der Waals surface area contributed by atoms with Crippen molar-refractivity contribution in [1.82, 2.24) is 20.2 Å². The van der Waals surface area contributed by atoms with E-state index in [4.69, 9.17) is 0 Å². The number of carbonyl (C=O) groups is 1. The fourth-order valence-corrected chi connectivity index (χ4v) is 3.85. The SMILES string of the molecule is CC1=C(c2ccc(CC(=O)c3c(C)cccc3F)cc2)CN(c2nnn(C)n2)CC1. The monoisotopic (exact) mass is 405 g/mol. The number of ketones is 1. The topological polar surface area (TPSA) is 63.9 Å².